The van der Waals surface area contributed by atoms with Crippen LogP contribution < -0.4 is 5.32 Å². The molecule has 472 valence electrons. The van der Waals surface area contributed by atoms with Crippen LogP contribution in [0.4, 0.5) is 0 Å². The van der Waals surface area contributed by atoms with Gasteiger partial charge in [0.15, 0.2) is 11.9 Å². The molecule has 5 saturated heterocycles. The van der Waals surface area contributed by atoms with E-state index in [1.807, 2.05) is 6.07 Å². The van der Waals surface area contributed by atoms with Gasteiger partial charge >= 0.3 is 11.9 Å². The number of fused-ring (bicyclic) bond motifs is 5. The molecule has 10 aliphatic carbocycles. The third kappa shape index (κ3) is 6.52. The fraction of sp³-hybridized carbons (Fsp3) is 0.773. The highest BCUT2D eigenvalue weighted by Crippen LogP contribution is 2.91. The van der Waals surface area contributed by atoms with Crippen LogP contribution in [0.5, 0.6) is 0 Å². The van der Waals surface area contributed by atoms with E-state index in [0.29, 0.717) is 48.3 Å². The monoisotopic (exact) mass is 1200 g/mol. The zero-order valence-electron chi connectivity index (χ0n) is 52.2. The molecule has 4 N–H and O–H groups in total. The number of nitrogens with zero attached hydrogens (tertiary/aromatic N) is 1. The summed E-state index contributed by atoms with van der Waals surface area (Å²) in [5, 5.41) is 41.5. The normalized spacial score (nSPS) is 53.4. The van der Waals surface area contributed by atoms with Crippen LogP contribution in [-0.2, 0) is 46.2 Å². The van der Waals surface area contributed by atoms with E-state index in [4.69, 9.17) is 23.4 Å². The van der Waals surface area contributed by atoms with Crippen LogP contribution in [0.15, 0.2) is 71.0 Å². The van der Waals surface area contributed by atoms with Crippen molar-refractivity contribution in [1.82, 2.24) is 10.2 Å². The summed E-state index contributed by atoms with van der Waals surface area (Å²) in [4.78, 5) is 52.0. The van der Waals surface area contributed by atoms with Gasteiger partial charge in [-0.3, -0.25) is 14.9 Å². The Balaban J connectivity index is 0.798. The molecular weight excluding hydrogens is 1100 g/mol. The summed E-state index contributed by atoms with van der Waals surface area (Å²) in [7, 11) is 0. The quantitative estimate of drug-likeness (QED) is 0.106. The second-order valence-electron chi connectivity index (χ2n) is 33.7. The third-order valence-corrected chi connectivity index (χ3v) is 31.6. The topological polar surface area (TPSA) is 181 Å². The van der Waals surface area contributed by atoms with Gasteiger partial charge in [0.2, 0.25) is 0 Å². The van der Waals surface area contributed by atoms with E-state index in [0.717, 1.165) is 134 Å². The van der Waals surface area contributed by atoms with E-state index in [1.54, 1.807) is 6.26 Å². The first-order chi connectivity index (χ1) is 42.7. The van der Waals surface area contributed by atoms with Crippen LogP contribution in [0.3, 0.4) is 0 Å². The number of esters is 2. The number of furan rings is 1. The van der Waals surface area contributed by atoms with E-state index in [9.17, 15) is 15.3 Å². The van der Waals surface area contributed by atoms with Crippen molar-refractivity contribution < 1.29 is 53.1 Å². The van der Waals surface area contributed by atoms with Gasteiger partial charge in [0.1, 0.15) is 35.8 Å². The summed E-state index contributed by atoms with van der Waals surface area (Å²) < 4.78 is 37.3. The number of carbonyl (C=O) groups is 3. The lowest BCUT2D eigenvalue weighted by Crippen LogP contribution is -2.82. The molecule has 13 heteroatoms. The molecule has 1 aromatic carbocycles. The van der Waals surface area contributed by atoms with E-state index in [-0.39, 0.29) is 77.7 Å². The first-order valence-corrected chi connectivity index (χ1v) is 36.0. The van der Waals surface area contributed by atoms with Crippen LogP contribution in [0.25, 0.3) is 0 Å². The number of nitrogens with one attached hydrogen (secondary N) is 1. The predicted octanol–water partition coefficient (Wildman–Crippen LogP) is 10.8. The van der Waals surface area contributed by atoms with E-state index in [1.165, 1.54) is 43.2 Å². The number of epoxide rings is 1. The molecule has 19 rings (SSSR count). The van der Waals surface area contributed by atoms with Gasteiger partial charge in [-0.25, -0.2) is 4.79 Å². The Bertz CT molecular complexity index is 3290. The summed E-state index contributed by atoms with van der Waals surface area (Å²) in [6.07, 6.45) is 27.8. The highest BCUT2D eigenvalue weighted by atomic mass is 16.7. The van der Waals surface area contributed by atoms with Crippen molar-refractivity contribution >= 4 is 17.7 Å². The smallest absolute Gasteiger partial charge is 0.339 e. The highest BCUT2D eigenvalue weighted by molar-refractivity contribution is 5.94. The largest absolute Gasteiger partial charge is 0.469 e. The Hall–Kier alpha value is -3.85. The third-order valence-electron chi connectivity index (χ3n) is 31.6. The first kappa shape index (κ1) is 55.8. The van der Waals surface area contributed by atoms with Gasteiger partial charge in [0, 0.05) is 41.3 Å². The number of cyclic esters (lactones) is 2. The second-order valence-corrected chi connectivity index (χ2v) is 33.7. The predicted molar refractivity (Wildman–Crippen MR) is 324 cm³/mol. The molecule has 0 amide bonds. The van der Waals surface area contributed by atoms with Gasteiger partial charge in [0.05, 0.1) is 48.5 Å². The second kappa shape index (κ2) is 18.9. The van der Waals surface area contributed by atoms with Crippen LogP contribution in [0.1, 0.15) is 178 Å². The molecule has 28 atom stereocenters. The molecule has 6 spiro atoms. The van der Waals surface area contributed by atoms with E-state index in [2.05, 4.69) is 72.7 Å². The van der Waals surface area contributed by atoms with Gasteiger partial charge in [0.25, 0.3) is 0 Å². The molecule has 2 aromatic rings. The SMILES string of the molecule is C[C@H]1[C@H]2CCCC[C@H]2CC[C@]12CCC[C@]13O[C@]45C(=C[C@H]21)C[C@H]1CCC[C@]12C[C@@H]1C[C@@]6(C)[C@H](c7ccoc7C[C@@H]([C@H]7CC[C@@H]8[C@H](C=CN9CNC[C@@H]89)C7)[C@H](O)CO)OC(=O)[C@H]7O[C@]76[C@]6([C@H]7CCC[C@H](Cc8ccccc8)C7)[C@H](O)C(=O)[C@H]3[C@@]4(COC(=O)[C@@H]25)[C@@H]16. The number of Topliss-reactive ketones (excluding diaryl/α,β-unsaturated/α-hetero) is 1. The van der Waals surface area contributed by atoms with Crippen molar-refractivity contribution in [3.63, 3.8) is 0 Å². The average molecular weight is 1200 g/mol. The molecule has 13 nitrogen and oxygen atoms in total. The molecule has 0 radical (unpaired) electrons. The van der Waals surface area contributed by atoms with Crippen molar-refractivity contribution in [1.29, 1.82) is 0 Å². The Morgan fingerprint density at radius 1 is 0.818 bits per heavy atom. The zero-order valence-corrected chi connectivity index (χ0v) is 52.2. The maximum absolute atomic E-state index is 17.8. The summed E-state index contributed by atoms with van der Waals surface area (Å²) in [6, 6.07) is 13.3. The van der Waals surface area contributed by atoms with Crippen LogP contribution in [0.2, 0.25) is 0 Å². The Labute approximate surface area is 519 Å². The van der Waals surface area contributed by atoms with Crippen LogP contribution in [0, 0.1) is 116 Å². The molecule has 0 unspecified atom stereocenters. The Kier molecular flexibility index (Phi) is 12.0. The standard InChI is InChI=1S/C75H96N2O11/c1-41-51-17-7-6-14-44(51)20-26-69(41)24-10-25-72-58(69)33-50-32-48-16-9-23-70(48)36-47-35-68(2)64(53-22-28-84-57(53)34-54(56(79)38-78)45-18-19-52-46(31-45)21-27-77-40-76-37-55(52)77)86-67(83)65-75(68,87-65)73(49-15-8-13-43(30-49)29-42-11-4-3-5-12-42)60(47)71(61(72)59(80)63(73)81)39-85-66(82)62(70)74(50,71)88-72/h3-5,11-12,21-22,27-28,33,41,43-49,51-52,54-56,58,60-65,76,78-79,81H,6-10,13-20,23-26,29-32,34-40H2,1-2H3/t41-,43+,44-,45-,46+,47-,48+,49-,51+,52+,54-,55-,56+,58+,60+,61-,62-,63+,64-,65+,68-,69+,70-,71+,72-,73-,74-,75+/m0/s1. The highest BCUT2D eigenvalue weighted by Gasteiger charge is 2.99. The number of rotatable bonds is 9. The van der Waals surface area contributed by atoms with E-state index < -0.39 is 80.7 Å². The zero-order chi connectivity index (χ0) is 59.3. The lowest BCUT2D eigenvalue weighted by Gasteiger charge is -2.73. The van der Waals surface area contributed by atoms with Crippen molar-refractivity contribution in [2.45, 2.75) is 215 Å². The number of ketones is 1. The molecule has 88 heavy (non-hydrogen) atoms. The number of hydrogen-bond acceptors (Lipinski definition) is 13. The molecule has 8 heterocycles. The molecule has 1 aromatic heterocycles. The average Bonchev–Trinajstić information content (AvgIpc) is 1.41. The number of aliphatic hydroxyl groups excluding tert-OH is 3. The Morgan fingerprint density at radius 3 is 2.55 bits per heavy atom. The van der Waals surface area contributed by atoms with Gasteiger partial charge < -0.3 is 43.6 Å². The molecule has 7 aliphatic heterocycles. The summed E-state index contributed by atoms with van der Waals surface area (Å²) in [6.45, 7) is 6.44. The molecule has 17 aliphatic rings. The molecule has 15 fully saturated rings. The van der Waals surface area contributed by atoms with Crippen LogP contribution in [-0.4, -0.2) is 106 Å². The van der Waals surface area contributed by atoms with Gasteiger partial charge in [-0.2, -0.15) is 0 Å². The number of carbonyl (C=O) groups excluding carboxylic acids is 3. The molecule has 5 bridgehead atoms. The van der Waals surface area contributed by atoms with Crippen molar-refractivity contribution in [3.05, 3.63) is 83.5 Å². The maximum atomic E-state index is 17.8. The summed E-state index contributed by atoms with van der Waals surface area (Å²) in [5.41, 5.74) is -3.89. The lowest BCUT2D eigenvalue weighted by molar-refractivity contribution is -0.301. The maximum Gasteiger partial charge on any atom is 0.339 e. The van der Waals surface area contributed by atoms with Gasteiger partial charge in [-0.05, 0) is 214 Å². The van der Waals surface area contributed by atoms with Crippen molar-refractivity contribution in [2.24, 2.45) is 116 Å². The molecular formula is C75H96N2O11. The first-order valence-electron chi connectivity index (χ1n) is 36.0. The van der Waals surface area contributed by atoms with Gasteiger partial charge in [-0.15, -0.1) is 0 Å². The minimum Gasteiger partial charge on any atom is -0.469 e. The number of benzene rings is 1. The van der Waals surface area contributed by atoms with Crippen LogP contribution >= 0.6 is 0 Å². The minimum absolute atomic E-state index is 0.0290. The fourth-order valence-electron chi connectivity index (χ4n) is 29.1. The molecule has 10 saturated carbocycles. The summed E-state index contributed by atoms with van der Waals surface area (Å²) >= 11 is 0. The van der Waals surface area contributed by atoms with Crippen molar-refractivity contribution in [2.75, 3.05) is 26.4 Å². The van der Waals surface area contributed by atoms with E-state index >= 15 is 14.4 Å². The summed E-state index contributed by atoms with van der Waals surface area (Å²) in [5.74, 6) is 0.869. The number of allylic oxidation sites excluding steroid dienone is 1. The fourth-order valence-corrected chi connectivity index (χ4v) is 29.1. The lowest BCUT2D eigenvalue weighted by atomic mass is 9.29. The minimum atomic E-state index is -1.48. The Morgan fingerprint density at radius 2 is 1.67 bits per heavy atom. The van der Waals surface area contributed by atoms with Gasteiger partial charge in [-0.1, -0.05) is 94.9 Å². The van der Waals surface area contributed by atoms with Crippen molar-refractivity contribution in [3.8, 4) is 0 Å². The number of hydrogen-bond donors (Lipinski definition) is 4. The number of ether oxygens (including phenoxy) is 4. The number of aliphatic hydroxyl groups is 3.